The fraction of sp³-hybridized carbons (Fsp3) is 0.143. The Hall–Kier alpha value is -2.86. The maximum Gasteiger partial charge on any atom is 0.251 e. The molecule has 0 atom stereocenters. The van der Waals surface area contributed by atoms with Gasteiger partial charge in [-0.15, -0.1) is 0 Å². The first-order valence-electron chi connectivity index (χ1n) is 8.53. The Morgan fingerprint density at radius 2 is 1.74 bits per heavy atom. The number of ether oxygens (including phenoxy) is 1. The topological polar surface area (TPSA) is 60.3 Å². The lowest BCUT2D eigenvalue weighted by atomic mass is 10.1. The Morgan fingerprint density at radius 1 is 1.00 bits per heavy atom. The number of aromatic nitrogens is 1. The Kier molecular flexibility index (Phi) is 6.44. The third-order valence-electron chi connectivity index (χ3n) is 3.91. The number of rotatable bonds is 7. The summed E-state index contributed by atoms with van der Waals surface area (Å²) in [5, 5.41) is 2.77. The lowest BCUT2D eigenvalue weighted by Gasteiger charge is -2.12. The molecule has 3 rings (SSSR count). The van der Waals surface area contributed by atoms with E-state index in [0.717, 1.165) is 21.3 Å². The fourth-order valence-corrected chi connectivity index (χ4v) is 3.02. The number of para-hydroxylation sites is 1. The second-order valence-electron chi connectivity index (χ2n) is 5.87. The summed E-state index contributed by atoms with van der Waals surface area (Å²) in [6.45, 7) is 0.659. The molecule has 0 radical (unpaired) electrons. The van der Waals surface area contributed by atoms with Gasteiger partial charge in [0.1, 0.15) is 18.9 Å². The highest BCUT2D eigenvalue weighted by atomic mass is 79.9. The van der Waals surface area contributed by atoms with E-state index in [1.54, 1.807) is 12.3 Å². The number of pyridine rings is 1. The number of nitrogens with one attached hydrogen (secondary N) is 1. The molecule has 5 nitrogen and oxygen atoms in total. The molecule has 27 heavy (non-hydrogen) atoms. The number of carbonyl (C=O) groups excluding carboxylic acids is 1. The minimum Gasteiger partial charge on any atom is -0.491 e. The highest BCUT2D eigenvalue weighted by Crippen LogP contribution is 2.29. The molecule has 138 valence electrons. The predicted molar refractivity (Wildman–Crippen MR) is 109 cm³/mol. The number of hydrogen-bond acceptors (Lipinski definition) is 3. The van der Waals surface area contributed by atoms with Gasteiger partial charge in [0.15, 0.2) is 0 Å². The number of halogens is 1. The van der Waals surface area contributed by atoms with Crippen molar-refractivity contribution >= 4 is 21.8 Å². The second kappa shape index (κ2) is 9.19. The summed E-state index contributed by atoms with van der Waals surface area (Å²) in [6, 6.07) is 20.8. The van der Waals surface area contributed by atoms with Gasteiger partial charge in [0.2, 0.25) is 5.91 Å². The van der Waals surface area contributed by atoms with E-state index in [2.05, 4.69) is 21.2 Å². The summed E-state index contributed by atoms with van der Waals surface area (Å²) in [6.07, 6.45) is 1.59. The molecule has 0 aliphatic heterocycles. The van der Waals surface area contributed by atoms with Crippen LogP contribution in [0.4, 0.5) is 0 Å². The molecule has 1 aromatic heterocycles. The molecular weight excluding hydrogens is 408 g/mol. The fourth-order valence-electron chi connectivity index (χ4n) is 2.64. The van der Waals surface area contributed by atoms with E-state index in [9.17, 15) is 9.59 Å². The monoisotopic (exact) mass is 426 g/mol. The Bertz CT molecular complexity index is 970. The smallest absolute Gasteiger partial charge is 0.251 e. The van der Waals surface area contributed by atoms with Crippen LogP contribution in [0, 0.1) is 0 Å². The van der Waals surface area contributed by atoms with Gasteiger partial charge in [-0.2, -0.15) is 0 Å². The lowest BCUT2D eigenvalue weighted by molar-refractivity contribution is -0.121. The third kappa shape index (κ3) is 5.31. The van der Waals surface area contributed by atoms with Crippen LogP contribution >= 0.6 is 15.9 Å². The van der Waals surface area contributed by atoms with Crippen LogP contribution in [0.2, 0.25) is 0 Å². The van der Waals surface area contributed by atoms with Gasteiger partial charge in [-0.25, -0.2) is 0 Å². The highest BCUT2D eigenvalue weighted by molar-refractivity contribution is 9.10. The molecule has 1 heterocycles. The van der Waals surface area contributed by atoms with E-state index >= 15 is 0 Å². The van der Waals surface area contributed by atoms with E-state index in [1.165, 1.54) is 10.6 Å². The summed E-state index contributed by atoms with van der Waals surface area (Å²) < 4.78 is 7.94. The zero-order valence-corrected chi connectivity index (χ0v) is 16.2. The maximum atomic E-state index is 12.0. The molecule has 1 N–H and O–H groups in total. The summed E-state index contributed by atoms with van der Waals surface area (Å²) in [5.41, 5.74) is 1.86. The van der Waals surface area contributed by atoms with Crippen molar-refractivity contribution < 1.29 is 9.53 Å². The molecule has 0 saturated heterocycles. The molecule has 0 spiro atoms. The first kappa shape index (κ1) is 18.9. The van der Waals surface area contributed by atoms with Crippen molar-refractivity contribution in [2.24, 2.45) is 0 Å². The maximum absolute atomic E-state index is 12.0. The number of hydrogen-bond donors (Lipinski definition) is 1. The van der Waals surface area contributed by atoms with Gasteiger partial charge in [0.25, 0.3) is 5.56 Å². The zero-order valence-electron chi connectivity index (χ0n) is 14.6. The summed E-state index contributed by atoms with van der Waals surface area (Å²) in [7, 11) is 0. The molecule has 0 bridgehead atoms. The summed E-state index contributed by atoms with van der Waals surface area (Å²) in [4.78, 5) is 23.8. The molecule has 0 unspecified atom stereocenters. The first-order valence-corrected chi connectivity index (χ1v) is 9.33. The molecule has 3 aromatic rings. The van der Waals surface area contributed by atoms with Crippen LogP contribution in [0.3, 0.4) is 0 Å². The van der Waals surface area contributed by atoms with Crippen LogP contribution in [-0.4, -0.2) is 23.6 Å². The van der Waals surface area contributed by atoms with Crippen LogP contribution < -0.4 is 15.6 Å². The van der Waals surface area contributed by atoms with Gasteiger partial charge in [0, 0.05) is 22.3 Å². The average Bonchev–Trinajstić information content (AvgIpc) is 2.69. The van der Waals surface area contributed by atoms with E-state index in [0.29, 0.717) is 13.2 Å². The van der Waals surface area contributed by atoms with Gasteiger partial charge < -0.3 is 14.6 Å². The number of amides is 1. The van der Waals surface area contributed by atoms with Crippen molar-refractivity contribution in [2.45, 2.75) is 6.54 Å². The molecule has 0 saturated carbocycles. The van der Waals surface area contributed by atoms with Gasteiger partial charge >= 0.3 is 0 Å². The van der Waals surface area contributed by atoms with E-state index in [1.807, 2.05) is 54.6 Å². The third-order valence-corrected chi connectivity index (χ3v) is 4.38. The first-order chi connectivity index (χ1) is 13.1. The molecule has 6 heteroatoms. The lowest BCUT2D eigenvalue weighted by Crippen LogP contribution is -2.34. The van der Waals surface area contributed by atoms with Crippen LogP contribution in [-0.2, 0) is 11.3 Å². The Balaban J connectivity index is 1.53. The van der Waals surface area contributed by atoms with Crippen LogP contribution in [0.15, 0.2) is 82.2 Å². The Labute approximate surface area is 165 Å². The van der Waals surface area contributed by atoms with Gasteiger partial charge in [-0.3, -0.25) is 9.59 Å². The number of nitrogens with zero attached hydrogens (tertiary/aromatic N) is 1. The quantitative estimate of drug-likeness (QED) is 0.588. The normalized spacial score (nSPS) is 10.4. The van der Waals surface area contributed by atoms with Gasteiger partial charge in [-0.05, 0) is 33.6 Å². The van der Waals surface area contributed by atoms with Crippen molar-refractivity contribution in [3.63, 3.8) is 0 Å². The number of carbonyl (C=O) groups is 1. The second-order valence-corrected chi connectivity index (χ2v) is 6.79. The minimum absolute atomic E-state index is 0.0289. The molecule has 0 fully saturated rings. The highest BCUT2D eigenvalue weighted by Gasteiger charge is 2.07. The summed E-state index contributed by atoms with van der Waals surface area (Å²) in [5.74, 6) is 0.524. The van der Waals surface area contributed by atoms with Crippen molar-refractivity contribution in [1.82, 2.24) is 9.88 Å². The molecule has 1 amide bonds. The number of benzene rings is 2. The van der Waals surface area contributed by atoms with Crippen LogP contribution in [0.25, 0.3) is 11.1 Å². The standard InChI is InChI=1S/C21H19BrN2O3/c22-17-10-11-21(26)24(14-17)15-20(25)23-12-13-27-19-9-5-4-8-18(19)16-6-2-1-3-7-16/h1-11,14H,12-13,15H2,(H,23,25). The predicted octanol–water partition coefficient (Wildman–Crippen LogP) is 3.47. The summed E-state index contributed by atoms with van der Waals surface area (Å²) >= 11 is 3.29. The minimum atomic E-state index is -0.241. The van der Waals surface area contributed by atoms with Crippen LogP contribution in [0.1, 0.15) is 0 Å². The largest absolute Gasteiger partial charge is 0.491 e. The Morgan fingerprint density at radius 3 is 2.56 bits per heavy atom. The zero-order chi connectivity index (χ0) is 19.1. The van der Waals surface area contributed by atoms with E-state index in [4.69, 9.17) is 4.74 Å². The molecule has 0 aliphatic carbocycles. The van der Waals surface area contributed by atoms with Crippen LogP contribution in [0.5, 0.6) is 5.75 Å². The SMILES string of the molecule is O=C(Cn1cc(Br)ccc1=O)NCCOc1ccccc1-c1ccccc1. The van der Waals surface area contributed by atoms with Crippen molar-refractivity contribution in [1.29, 1.82) is 0 Å². The van der Waals surface area contributed by atoms with Gasteiger partial charge in [-0.1, -0.05) is 48.5 Å². The van der Waals surface area contributed by atoms with Gasteiger partial charge in [0.05, 0.1) is 6.54 Å². The van der Waals surface area contributed by atoms with E-state index in [-0.39, 0.29) is 18.0 Å². The molecule has 0 aliphatic rings. The van der Waals surface area contributed by atoms with Crippen molar-refractivity contribution in [3.8, 4) is 16.9 Å². The average molecular weight is 427 g/mol. The van der Waals surface area contributed by atoms with Crippen molar-refractivity contribution in [3.05, 3.63) is 87.8 Å². The molecular formula is C21H19BrN2O3. The van der Waals surface area contributed by atoms with Crippen molar-refractivity contribution in [2.75, 3.05) is 13.2 Å². The molecule has 2 aromatic carbocycles. The van der Waals surface area contributed by atoms with E-state index < -0.39 is 0 Å².